The summed E-state index contributed by atoms with van der Waals surface area (Å²) in [6, 6.07) is 0. The Morgan fingerprint density at radius 2 is 0.769 bits per heavy atom. The van der Waals surface area contributed by atoms with Crippen molar-refractivity contribution in [2.75, 3.05) is 59.5 Å². The molecule has 52 heavy (non-hydrogen) atoms. The Hall–Kier alpha value is -2.20. The van der Waals surface area contributed by atoms with Crippen LogP contribution in [0.4, 0.5) is 0 Å². The van der Waals surface area contributed by atoms with Crippen LogP contribution < -0.4 is 0 Å². The molecule has 0 aromatic heterocycles. The highest BCUT2D eigenvalue weighted by Crippen LogP contribution is 2.35. The van der Waals surface area contributed by atoms with Crippen LogP contribution in [0.2, 0.25) is 0 Å². The molecule has 3 aliphatic rings. The third kappa shape index (κ3) is 12.2. The largest absolute Gasteiger partial charge is 0.387 e. The molecule has 0 radical (unpaired) electrons. The Morgan fingerprint density at radius 1 is 0.404 bits per heavy atom. The highest BCUT2D eigenvalue weighted by molar-refractivity contribution is 4.98. The lowest BCUT2D eigenvalue weighted by molar-refractivity contribution is -0.383. The summed E-state index contributed by atoms with van der Waals surface area (Å²) in [6.07, 6.45) is -10.6. The molecule has 0 saturated carbocycles. The lowest BCUT2D eigenvalue weighted by Crippen LogP contribution is -2.67. The third-order valence-electron chi connectivity index (χ3n) is 8.25. The van der Waals surface area contributed by atoms with Gasteiger partial charge in [0.25, 0.3) is 0 Å². The fourth-order valence-electron chi connectivity index (χ4n) is 5.89. The third-order valence-corrected chi connectivity index (χ3v) is 8.25. The average molecular weight is 745 g/mol. The number of aliphatic hydroxyl groups excluding tert-OH is 5. The van der Waals surface area contributed by atoms with Gasteiger partial charge in [0.2, 0.25) is 0 Å². The lowest BCUT2D eigenvalue weighted by Gasteiger charge is -2.49. The van der Waals surface area contributed by atoms with Gasteiger partial charge >= 0.3 is 0 Å². The van der Waals surface area contributed by atoms with E-state index in [1.165, 1.54) is 36.5 Å². The van der Waals surface area contributed by atoms with E-state index < -0.39 is 92.1 Å². The summed E-state index contributed by atoms with van der Waals surface area (Å²) in [4.78, 5) is 0. The summed E-state index contributed by atoms with van der Waals surface area (Å²) in [5.41, 5.74) is 0. The Balaban J connectivity index is 1.97. The normalized spacial score (nSPS) is 37.9. The Labute approximate surface area is 305 Å². The zero-order chi connectivity index (χ0) is 38.0. The quantitative estimate of drug-likeness (QED) is 0.0601. The zero-order valence-electron chi connectivity index (χ0n) is 29.5. The van der Waals surface area contributed by atoms with Gasteiger partial charge in [0.05, 0.1) is 59.5 Å². The second-order valence-electron chi connectivity index (χ2n) is 12.1. The fourth-order valence-corrected chi connectivity index (χ4v) is 5.89. The van der Waals surface area contributed by atoms with Crippen molar-refractivity contribution in [3.63, 3.8) is 0 Å². The molecule has 0 unspecified atom stereocenters. The van der Waals surface area contributed by atoms with Crippen LogP contribution in [0, 0.1) is 0 Å². The van der Waals surface area contributed by atoms with E-state index in [0.717, 1.165) is 0 Å². The van der Waals surface area contributed by atoms with E-state index in [-0.39, 0.29) is 59.5 Å². The van der Waals surface area contributed by atoms with Gasteiger partial charge in [0, 0.05) is 0 Å². The molecule has 16 nitrogen and oxygen atoms in total. The smallest absolute Gasteiger partial charge is 0.187 e. The van der Waals surface area contributed by atoms with Crippen molar-refractivity contribution in [3.8, 4) is 0 Å². The Morgan fingerprint density at radius 3 is 1.23 bits per heavy atom. The lowest BCUT2D eigenvalue weighted by atomic mass is 9.95. The number of hydrogen-bond donors (Lipinski definition) is 5. The maximum atomic E-state index is 11.8. The van der Waals surface area contributed by atoms with Crippen LogP contribution >= 0.6 is 0 Å². The molecule has 0 aromatic carbocycles. The summed E-state index contributed by atoms with van der Waals surface area (Å²) in [5, 5.41) is 55.6. The van der Waals surface area contributed by atoms with Crippen molar-refractivity contribution in [2.24, 2.45) is 0 Å². The summed E-state index contributed by atoms with van der Waals surface area (Å²) >= 11 is 0. The Kier molecular flexibility index (Phi) is 20.0. The van der Waals surface area contributed by atoms with Crippen LogP contribution in [0.25, 0.3) is 0 Å². The number of ether oxygens (including phenoxy) is 11. The van der Waals surface area contributed by atoms with E-state index in [1.54, 1.807) is 0 Å². The van der Waals surface area contributed by atoms with E-state index in [4.69, 9.17) is 52.1 Å². The van der Waals surface area contributed by atoms with Gasteiger partial charge in [0.1, 0.15) is 73.2 Å². The first-order chi connectivity index (χ1) is 25.2. The molecule has 16 heteroatoms. The van der Waals surface area contributed by atoms with E-state index in [2.05, 4.69) is 39.5 Å². The minimum Gasteiger partial charge on any atom is -0.387 e. The van der Waals surface area contributed by atoms with Crippen LogP contribution in [0.15, 0.2) is 75.9 Å². The van der Waals surface area contributed by atoms with Crippen LogP contribution in [0.5, 0.6) is 0 Å². The summed E-state index contributed by atoms with van der Waals surface area (Å²) < 4.78 is 65.1. The molecule has 3 heterocycles. The number of aliphatic hydroxyl groups is 5. The molecular weight excluding hydrogens is 688 g/mol. The Bertz CT molecular complexity index is 1090. The maximum Gasteiger partial charge on any atom is 0.187 e. The number of hydrogen-bond acceptors (Lipinski definition) is 16. The molecular formula is C36H56O16. The molecule has 3 aliphatic heterocycles. The van der Waals surface area contributed by atoms with E-state index in [0.29, 0.717) is 0 Å². The molecule has 3 rings (SSSR count). The van der Waals surface area contributed by atoms with E-state index >= 15 is 0 Å². The monoisotopic (exact) mass is 744 g/mol. The van der Waals surface area contributed by atoms with Gasteiger partial charge < -0.3 is 77.6 Å². The van der Waals surface area contributed by atoms with Crippen LogP contribution in [0.1, 0.15) is 0 Å². The highest BCUT2D eigenvalue weighted by atomic mass is 16.8. The molecule has 0 bridgehead atoms. The zero-order valence-corrected chi connectivity index (χ0v) is 29.5. The highest BCUT2D eigenvalue weighted by Gasteiger charge is 2.55. The molecule has 0 aromatic rings. The standard InChI is InChI=1S/C36H56O16/c1-7-13-42-19-22-25(37)31(45-16-10-4)27(39)35(49-22)52-30-24(21-44-15-9-3)50-36(28(40)33(30)47-18-12-6)51-29-23(20-43-14-8-2)48-34(41)26(38)32(29)46-17-11-5/h7-12,22-41H,1-6,13-21H2/t22-,23-,24-,25+,26-,27-,28-,29+,30+,31+,32-,33-,34-,35+,36+/m1/s1. The molecule has 15 atom stereocenters. The first-order valence-corrected chi connectivity index (χ1v) is 17.1. The summed E-state index contributed by atoms with van der Waals surface area (Å²) in [6.45, 7) is 22.0. The molecule has 3 fully saturated rings. The topological polar surface area (TPSA) is 203 Å². The fraction of sp³-hybridized carbons (Fsp3) is 0.667. The minimum atomic E-state index is -1.64. The van der Waals surface area contributed by atoms with Gasteiger partial charge in [-0.1, -0.05) is 36.5 Å². The van der Waals surface area contributed by atoms with Crippen molar-refractivity contribution in [2.45, 2.75) is 92.1 Å². The van der Waals surface area contributed by atoms with E-state index in [9.17, 15) is 25.5 Å². The first kappa shape index (κ1) is 44.2. The van der Waals surface area contributed by atoms with Gasteiger partial charge in [-0.05, 0) is 0 Å². The summed E-state index contributed by atoms with van der Waals surface area (Å²) in [5.74, 6) is 0. The number of rotatable bonds is 25. The molecule has 0 spiro atoms. The van der Waals surface area contributed by atoms with Crippen molar-refractivity contribution in [3.05, 3.63) is 75.9 Å². The molecule has 0 amide bonds. The predicted molar refractivity (Wildman–Crippen MR) is 185 cm³/mol. The van der Waals surface area contributed by atoms with Crippen molar-refractivity contribution < 1.29 is 77.6 Å². The van der Waals surface area contributed by atoms with Gasteiger partial charge in [-0.25, -0.2) is 0 Å². The molecule has 0 aliphatic carbocycles. The molecule has 296 valence electrons. The summed E-state index contributed by atoms with van der Waals surface area (Å²) in [7, 11) is 0. The van der Waals surface area contributed by atoms with Crippen LogP contribution in [0.3, 0.4) is 0 Å². The SMILES string of the molecule is C=CCOC[C@H]1O[C@@H](O[C@@H]2[C@H](OCC=C)[C@@H](O)[C@H](O[C@@H]3[C@H](OCC=C)[C@@H](O)[C@H](O)O[C@@H]3COCC=C)O[C@@H]2COCC=C)[C@H](O)[C@@H](OCC=C)[C@H]1O. The predicted octanol–water partition coefficient (Wildman–Crippen LogP) is -0.311. The maximum absolute atomic E-state index is 11.8. The first-order valence-electron chi connectivity index (χ1n) is 17.1. The van der Waals surface area contributed by atoms with Crippen molar-refractivity contribution in [1.82, 2.24) is 0 Å². The van der Waals surface area contributed by atoms with Gasteiger partial charge in [-0.2, -0.15) is 0 Å². The van der Waals surface area contributed by atoms with Gasteiger partial charge in [-0.3, -0.25) is 0 Å². The minimum absolute atomic E-state index is 0.00679. The van der Waals surface area contributed by atoms with Crippen molar-refractivity contribution in [1.29, 1.82) is 0 Å². The molecule has 5 N–H and O–H groups in total. The van der Waals surface area contributed by atoms with Gasteiger partial charge in [-0.15, -0.1) is 39.5 Å². The second-order valence-corrected chi connectivity index (χ2v) is 12.1. The van der Waals surface area contributed by atoms with Crippen LogP contribution in [-0.4, -0.2) is 177 Å². The molecule has 3 saturated heterocycles. The van der Waals surface area contributed by atoms with Gasteiger partial charge in [0.15, 0.2) is 18.9 Å². The van der Waals surface area contributed by atoms with E-state index in [1.807, 2.05) is 0 Å². The second kappa shape index (κ2) is 23.6. The van der Waals surface area contributed by atoms with Crippen LogP contribution in [-0.2, 0) is 52.1 Å². The van der Waals surface area contributed by atoms with Crippen molar-refractivity contribution >= 4 is 0 Å². The average Bonchev–Trinajstić information content (AvgIpc) is 3.13.